The number of ether oxygens (including phenoxy) is 1. The van der Waals surface area contributed by atoms with Crippen molar-refractivity contribution in [2.45, 2.75) is 38.3 Å². The summed E-state index contributed by atoms with van der Waals surface area (Å²) in [5, 5.41) is 5.85. The summed E-state index contributed by atoms with van der Waals surface area (Å²) in [5.41, 5.74) is 1.74. The molecular formula is C20H23N3O3. The van der Waals surface area contributed by atoms with Crippen molar-refractivity contribution in [3.8, 4) is 5.75 Å². The first-order chi connectivity index (χ1) is 12.7. The summed E-state index contributed by atoms with van der Waals surface area (Å²) in [5.74, 6) is 0.336. The standard InChI is InChI=1S/C20H23N3O3/c1-26-18-8-6-14(7-9-18)11-22-19(24)15-10-16(13-21-12-15)20(25)23-17-4-2-3-5-17/h6-10,12-13,17H,2-5,11H2,1H3,(H,22,24)(H,23,25). The minimum atomic E-state index is -0.260. The Kier molecular flexibility index (Phi) is 5.84. The van der Waals surface area contributed by atoms with Crippen molar-refractivity contribution < 1.29 is 14.3 Å². The summed E-state index contributed by atoms with van der Waals surface area (Å²) in [6.45, 7) is 0.390. The van der Waals surface area contributed by atoms with Crippen molar-refractivity contribution in [2.75, 3.05) is 7.11 Å². The average Bonchev–Trinajstić information content (AvgIpc) is 3.19. The van der Waals surface area contributed by atoms with Crippen LogP contribution in [0.3, 0.4) is 0 Å². The first-order valence-electron chi connectivity index (χ1n) is 8.83. The van der Waals surface area contributed by atoms with Crippen LogP contribution < -0.4 is 15.4 Å². The zero-order valence-electron chi connectivity index (χ0n) is 14.8. The lowest BCUT2D eigenvalue weighted by atomic mass is 10.1. The van der Waals surface area contributed by atoms with Gasteiger partial charge in [-0.05, 0) is 36.6 Å². The summed E-state index contributed by atoms with van der Waals surface area (Å²) in [6, 6.07) is 9.29. The van der Waals surface area contributed by atoms with Crippen molar-refractivity contribution in [2.24, 2.45) is 0 Å². The lowest BCUT2D eigenvalue weighted by molar-refractivity contribution is 0.0937. The lowest BCUT2D eigenvalue weighted by Gasteiger charge is -2.12. The van der Waals surface area contributed by atoms with E-state index in [4.69, 9.17) is 4.74 Å². The highest BCUT2D eigenvalue weighted by molar-refractivity contribution is 5.99. The fourth-order valence-corrected chi connectivity index (χ4v) is 3.05. The number of hydrogen-bond donors (Lipinski definition) is 2. The Bertz CT molecular complexity index is 768. The number of rotatable bonds is 6. The van der Waals surface area contributed by atoms with Crippen LogP contribution >= 0.6 is 0 Å². The smallest absolute Gasteiger partial charge is 0.253 e. The van der Waals surface area contributed by atoms with Gasteiger partial charge in [-0.2, -0.15) is 0 Å². The third-order valence-corrected chi connectivity index (χ3v) is 4.57. The van der Waals surface area contributed by atoms with Crippen molar-refractivity contribution in [1.29, 1.82) is 0 Å². The average molecular weight is 353 g/mol. The van der Waals surface area contributed by atoms with E-state index < -0.39 is 0 Å². The summed E-state index contributed by atoms with van der Waals surface area (Å²) in [4.78, 5) is 28.7. The molecule has 6 heteroatoms. The van der Waals surface area contributed by atoms with E-state index in [1.807, 2.05) is 24.3 Å². The highest BCUT2D eigenvalue weighted by Gasteiger charge is 2.19. The molecule has 0 unspecified atom stereocenters. The Balaban J connectivity index is 1.59. The van der Waals surface area contributed by atoms with Gasteiger partial charge in [0, 0.05) is 25.0 Å². The van der Waals surface area contributed by atoms with Crippen LogP contribution in [-0.2, 0) is 6.54 Å². The first kappa shape index (κ1) is 17.9. The molecule has 2 N–H and O–H groups in total. The number of carbonyl (C=O) groups is 2. The fraction of sp³-hybridized carbons (Fsp3) is 0.350. The highest BCUT2D eigenvalue weighted by atomic mass is 16.5. The van der Waals surface area contributed by atoms with Crippen molar-refractivity contribution in [1.82, 2.24) is 15.6 Å². The Labute approximate surface area is 153 Å². The molecular weight excluding hydrogens is 330 g/mol. The van der Waals surface area contributed by atoms with Crippen molar-refractivity contribution >= 4 is 11.8 Å². The predicted octanol–water partition coefficient (Wildman–Crippen LogP) is 2.69. The van der Waals surface area contributed by atoms with E-state index >= 15 is 0 Å². The fourth-order valence-electron chi connectivity index (χ4n) is 3.05. The van der Waals surface area contributed by atoms with Crippen LogP contribution in [0.15, 0.2) is 42.7 Å². The third-order valence-electron chi connectivity index (χ3n) is 4.57. The maximum absolute atomic E-state index is 12.4. The van der Waals surface area contributed by atoms with E-state index in [0.29, 0.717) is 17.7 Å². The van der Waals surface area contributed by atoms with Crippen LogP contribution in [0.25, 0.3) is 0 Å². The van der Waals surface area contributed by atoms with Gasteiger partial charge in [0.25, 0.3) is 11.8 Å². The molecule has 0 saturated heterocycles. The molecule has 3 rings (SSSR count). The number of carbonyl (C=O) groups excluding carboxylic acids is 2. The molecule has 1 aliphatic rings. The van der Waals surface area contributed by atoms with Crippen molar-refractivity contribution in [3.05, 3.63) is 59.4 Å². The first-order valence-corrected chi connectivity index (χ1v) is 8.83. The van der Waals surface area contributed by atoms with Gasteiger partial charge in [0.15, 0.2) is 0 Å². The van der Waals surface area contributed by atoms with Crippen LogP contribution in [-0.4, -0.2) is 29.9 Å². The second-order valence-electron chi connectivity index (χ2n) is 6.45. The number of methoxy groups -OCH3 is 1. The zero-order chi connectivity index (χ0) is 18.4. The van der Waals surface area contributed by atoms with Gasteiger partial charge in [-0.25, -0.2) is 0 Å². The molecule has 1 aliphatic carbocycles. The summed E-state index contributed by atoms with van der Waals surface area (Å²) >= 11 is 0. The van der Waals surface area contributed by atoms with E-state index in [1.54, 1.807) is 13.2 Å². The van der Waals surface area contributed by atoms with Crippen LogP contribution in [0.1, 0.15) is 52.0 Å². The van der Waals surface area contributed by atoms with Gasteiger partial charge in [-0.15, -0.1) is 0 Å². The van der Waals surface area contributed by atoms with Crippen LogP contribution in [0, 0.1) is 0 Å². The van der Waals surface area contributed by atoms with Gasteiger partial charge in [0.05, 0.1) is 18.2 Å². The molecule has 1 aromatic carbocycles. The number of pyridine rings is 1. The molecule has 136 valence electrons. The number of nitrogens with zero attached hydrogens (tertiary/aromatic N) is 1. The normalized spacial score (nSPS) is 14.0. The quantitative estimate of drug-likeness (QED) is 0.837. The monoisotopic (exact) mass is 353 g/mol. The molecule has 26 heavy (non-hydrogen) atoms. The largest absolute Gasteiger partial charge is 0.497 e. The topological polar surface area (TPSA) is 80.3 Å². The Morgan fingerprint density at radius 3 is 2.38 bits per heavy atom. The number of benzene rings is 1. The Morgan fingerprint density at radius 2 is 1.73 bits per heavy atom. The molecule has 1 fully saturated rings. The van der Waals surface area contributed by atoms with E-state index in [9.17, 15) is 9.59 Å². The number of nitrogens with one attached hydrogen (secondary N) is 2. The third kappa shape index (κ3) is 4.59. The molecule has 0 atom stereocenters. The predicted molar refractivity (Wildman–Crippen MR) is 98.1 cm³/mol. The van der Waals surface area contributed by atoms with E-state index in [2.05, 4.69) is 15.6 Å². The van der Waals surface area contributed by atoms with Gasteiger partial charge in [0.2, 0.25) is 0 Å². The van der Waals surface area contributed by atoms with E-state index in [1.165, 1.54) is 12.4 Å². The van der Waals surface area contributed by atoms with Gasteiger partial charge < -0.3 is 15.4 Å². The second kappa shape index (κ2) is 8.47. The Hall–Kier alpha value is -2.89. The minimum absolute atomic E-state index is 0.172. The zero-order valence-corrected chi connectivity index (χ0v) is 14.8. The molecule has 0 radical (unpaired) electrons. The molecule has 2 amide bonds. The summed E-state index contributed by atoms with van der Waals surface area (Å²) in [7, 11) is 1.61. The van der Waals surface area contributed by atoms with Gasteiger partial charge >= 0.3 is 0 Å². The molecule has 0 aliphatic heterocycles. The number of aromatic nitrogens is 1. The molecule has 0 spiro atoms. The van der Waals surface area contributed by atoms with Gasteiger partial charge in [-0.3, -0.25) is 14.6 Å². The SMILES string of the molecule is COc1ccc(CNC(=O)c2cncc(C(=O)NC3CCCC3)c2)cc1. The highest BCUT2D eigenvalue weighted by Crippen LogP contribution is 2.18. The molecule has 1 aromatic heterocycles. The van der Waals surface area contributed by atoms with Gasteiger partial charge in [-0.1, -0.05) is 25.0 Å². The number of amides is 2. The van der Waals surface area contributed by atoms with Gasteiger partial charge in [0.1, 0.15) is 5.75 Å². The van der Waals surface area contributed by atoms with Crippen molar-refractivity contribution in [3.63, 3.8) is 0 Å². The van der Waals surface area contributed by atoms with Crippen LogP contribution in [0.2, 0.25) is 0 Å². The Morgan fingerprint density at radius 1 is 1.08 bits per heavy atom. The lowest BCUT2D eigenvalue weighted by Crippen LogP contribution is -2.33. The minimum Gasteiger partial charge on any atom is -0.497 e. The second-order valence-corrected chi connectivity index (χ2v) is 6.45. The molecule has 1 heterocycles. The molecule has 1 saturated carbocycles. The van der Waals surface area contributed by atoms with Crippen LogP contribution in [0.4, 0.5) is 0 Å². The maximum atomic E-state index is 12.4. The van der Waals surface area contributed by atoms with E-state index in [0.717, 1.165) is 37.0 Å². The molecule has 2 aromatic rings. The summed E-state index contributed by atoms with van der Waals surface area (Å²) < 4.78 is 5.11. The van der Waals surface area contributed by atoms with Crippen LogP contribution in [0.5, 0.6) is 5.75 Å². The summed E-state index contributed by atoms with van der Waals surface area (Å²) in [6.07, 6.45) is 7.29. The molecule has 6 nitrogen and oxygen atoms in total. The number of hydrogen-bond acceptors (Lipinski definition) is 4. The maximum Gasteiger partial charge on any atom is 0.253 e. The molecule has 0 bridgehead atoms. The van der Waals surface area contributed by atoms with E-state index in [-0.39, 0.29) is 17.9 Å².